The van der Waals surface area contributed by atoms with Crippen LogP contribution in [0.5, 0.6) is 5.75 Å². The van der Waals surface area contributed by atoms with Gasteiger partial charge in [0.15, 0.2) is 0 Å². The van der Waals surface area contributed by atoms with E-state index in [0.717, 1.165) is 18.2 Å². The minimum Gasteiger partial charge on any atom is -0.492 e. The van der Waals surface area contributed by atoms with E-state index in [2.05, 4.69) is 5.32 Å². The van der Waals surface area contributed by atoms with E-state index in [1.165, 1.54) is 22.5 Å². The first-order valence-corrected chi connectivity index (χ1v) is 12.2. The Labute approximate surface area is 199 Å². The first-order valence-electron chi connectivity index (χ1n) is 10.0. The summed E-state index contributed by atoms with van der Waals surface area (Å²) in [5.74, 6) is -0.931. The third-order valence-electron chi connectivity index (χ3n) is 5.20. The van der Waals surface area contributed by atoms with Crippen LogP contribution in [0, 0.1) is 5.92 Å². The summed E-state index contributed by atoms with van der Waals surface area (Å²) in [4.78, 5) is 12.6. The standard InChI is InChI=1S/C21H21Cl2F3N2O4S/c1-2-32-18-6-4-15(22)12-19(18)33(30,31)28-9-7-13(8-10-28)20(29)27-17-11-14(21(24,25)26)3-5-16(17)23/h3-6,11-13H,2,7-10H2,1H3,(H,27,29). The summed E-state index contributed by atoms with van der Waals surface area (Å²) in [7, 11) is -3.93. The summed E-state index contributed by atoms with van der Waals surface area (Å²) >= 11 is 11.9. The number of hydrogen-bond donors (Lipinski definition) is 1. The van der Waals surface area contributed by atoms with Crippen LogP contribution < -0.4 is 10.1 Å². The van der Waals surface area contributed by atoms with E-state index in [4.69, 9.17) is 27.9 Å². The number of carbonyl (C=O) groups excluding carboxylic acids is 1. The molecule has 1 saturated heterocycles. The largest absolute Gasteiger partial charge is 0.492 e. The van der Waals surface area contributed by atoms with Crippen LogP contribution >= 0.6 is 23.2 Å². The number of alkyl halides is 3. The molecule has 0 radical (unpaired) electrons. The van der Waals surface area contributed by atoms with Crippen LogP contribution in [0.1, 0.15) is 25.3 Å². The van der Waals surface area contributed by atoms with Crippen LogP contribution in [-0.2, 0) is 21.0 Å². The first kappa shape index (κ1) is 25.6. The quantitative estimate of drug-likeness (QED) is 0.545. The highest BCUT2D eigenvalue weighted by Gasteiger charge is 2.35. The number of anilines is 1. The van der Waals surface area contributed by atoms with Crippen molar-refractivity contribution in [2.24, 2.45) is 5.92 Å². The van der Waals surface area contributed by atoms with Crippen molar-refractivity contribution in [3.8, 4) is 5.75 Å². The number of amides is 1. The van der Waals surface area contributed by atoms with Crippen LogP contribution in [0.2, 0.25) is 10.0 Å². The maximum atomic E-state index is 13.1. The smallest absolute Gasteiger partial charge is 0.416 e. The third-order valence-corrected chi connectivity index (χ3v) is 7.68. The molecule has 0 bridgehead atoms. The number of halogens is 5. The molecule has 1 fully saturated rings. The highest BCUT2D eigenvalue weighted by Crippen LogP contribution is 2.35. The Hall–Kier alpha value is -2.01. The molecule has 12 heteroatoms. The summed E-state index contributed by atoms with van der Waals surface area (Å²) in [6, 6.07) is 6.99. The molecular weight excluding hydrogens is 504 g/mol. The van der Waals surface area contributed by atoms with Gasteiger partial charge in [-0.3, -0.25) is 4.79 Å². The number of carbonyl (C=O) groups is 1. The molecule has 0 atom stereocenters. The van der Waals surface area contributed by atoms with Crippen molar-refractivity contribution in [1.82, 2.24) is 4.31 Å². The molecule has 2 aromatic carbocycles. The van der Waals surface area contributed by atoms with Crippen LogP contribution in [0.3, 0.4) is 0 Å². The Morgan fingerprint density at radius 3 is 2.42 bits per heavy atom. The van der Waals surface area contributed by atoms with Crippen LogP contribution in [0.15, 0.2) is 41.3 Å². The average molecular weight is 525 g/mol. The molecule has 1 N–H and O–H groups in total. The molecule has 0 aromatic heterocycles. The molecular formula is C21H21Cl2F3N2O4S. The van der Waals surface area contributed by atoms with Crippen molar-refractivity contribution in [2.45, 2.75) is 30.8 Å². The van der Waals surface area contributed by atoms with Gasteiger partial charge in [0.25, 0.3) is 0 Å². The zero-order valence-electron chi connectivity index (χ0n) is 17.5. The number of nitrogens with one attached hydrogen (secondary N) is 1. The fraction of sp³-hybridized carbons (Fsp3) is 0.381. The summed E-state index contributed by atoms with van der Waals surface area (Å²) in [5, 5.41) is 2.65. The predicted octanol–water partition coefficient (Wildman–Crippen LogP) is 5.45. The SMILES string of the molecule is CCOc1ccc(Cl)cc1S(=O)(=O)N1CCC(C(=O)Nc2cc(C(F)(F)F)ccc2Cl)CC1. The van der Waals surface area contributed by atoms with Crippen molar-refractivity contribution in [3.05, 3.63) is 52.0 Å². The highest BCUT2D eigenvalue weighted by molar-refractivity contribution is 7.89. The molecule has 1 aliphatic rings. The lowest BCUT2D eigenvalue weighted by Gasteiger charge is -2.31. The number of benzene rings is 2. The molecule has 1 heterocycles. The molecule has 0 aliphatic carbocycles. The van der Waals surface area contributed by atoms with Crippen LogP contribution in [0.25, 0.3) is 0 Å². The van der Waals surface area contributed by atoms with Crippen molar-refractivity contribution < 1.29 is 31.1 Å². The summed E-state index contributed by atoms with van der Waals surface area (Å²) in [6.07, 6.45) is -4.21. The molecule has 0 spiro atoms. The Bertz CT molecular complexity index is 1130. The van der Waals surface area contributed by atoms with Gasteiger partial charge in [0.1, 0.15) is 10.6 Å². The van der Waals surface area contributed by atoms with E-state index in [-0.39, 0.29) is 58.9 Å². The molecule has 0 saturated carbocycles. The zero-order valence-corrected chi connectivity index (χ0v) is 19.8. The minimum atomic E-state index is -4.58. The van der Waals surface area contributed by atoms with Gasteiger partial charge < -0.3 is 10.1 Å². The molecule has 180 valence electrons. The van der Waals surface area contributed by atoms with E-state index < -0.39 is 33.6 Å². The van der Waals surface area contributed by atoms with E-state index >= 15 is 0 Å². The lowest BCUT2D eigenvalue weighted by Crippen LogP contribution is -2.41. The van der Waals surface area contributed by atoms with E-state index in [9.17, 15) is 26.4 Å². The molecule has 1 aliphatic heterocycles. The van der Waals surface area contributed by atoms with Gasteiger partial charge in [-0.25, -0.2) is 8.42 Å². The summed E-state index contributed by atoms with van der Waals surface area (Å²) in [5.41, 5.74) is -1.08. The van der Waals surface area contributed by atoms with E-state index in [1.807, 2.05) is 0 Å². The number of hydrogen-bond acceptors (Lipinski definition) is 4. The Morgan fingerprint density at radius 2 is 1.82 bits per heavy atom. The second kappa shape index (κ2) is 10.1. The fourth-order valence-electron chi connectivity index (χ4n) is 3.49. The lowest BCUT2D eigenvalue weighted by atomic mass is 9.97. The predicted molar refractivity (Wildman–Crippen MR) is 119 cm³/mol. The summed E-state index contributed by atoms with van der Waals surface area (Å²) < 4.78 is 71.8. The second-order valence-corrected chi connectivity index (χ2v) is 10.1. The average Bonchev–Trinajstić information content (AvgIpc) is 2.76. The van der Waals surface area contributed by atoms with Crippen molar-refractivity contribution in [1.29, 1.82) is 0 Å². The van der Waals surface area contributed by atoms with Gasteiger partial charge in [0.05, 0.1) is 22.9 Å². The Kier molecular flexibility index (Phi) is 7.83. The normalized spacial score (nSPS) is 15.9. The highest BCUT2D eigenvalue weighted by atomic mass is 35.5. The van der Waals surface area contributed by atoms with Crippen molar-refractivity contribution >= 4 is 44.8 Å². The Morgan fingerprint density at radius 1 is 1.15 bits per heavy atom. The number of sulfonamides is 1. The van der Waals surface area contributed by atoms with Gasteiger partial charge in [-0.2, -0.15) is 17.5 Å². The maximum absolute atomic E-state index is 13.1. The minimum absolute atomic E-state index is 0.0271. The first-order chi connectivity index (χ1) is 15.4. The molecule has 0 unspecified atom stereocenters. The van der Waals surface area contributed by atoms with Crippen molar-refractivity contribution in [3.63, 3.8) is 0 Å². The third kappa shape index (κ3) is 5.92. The number of piperidine rings is 1. The number of rotatable bonds is 6. The van der Waals surface area contributed by atoms with Crippen molar-refractivity contribution in [2.75, 3.05) is 25.0 Å². The van der Waals surface area contributed by atoms with Gasteiger partial charge in [-0.15, -0.1) is 0 Å². The van der Waals surface area contributed by atoms with Gasteiger partial charge in [-0.05, 0) is 56.2 Å². The number of ether oxygens (including phenoxy) is 1. The molecule has 1 amide bonds. The zero-order chi connectivity index (χ0) is 24.4. The lowest BCUT2D eigenvalue weighted by molar-refractivity contribution is -0.137. The van der Waals surface area contributed by atoms with Gasteiger partial charge >= 0.3 is 6.18 Å². The topological polar surface area (TPSA) is 75.7 Å². The fourth-order valence-corrected chi connectivity index (χ4v) is 5.52. The summed E-state index contributed by atoms with van der Waals surface area (Å²) in [6.45, 7) is 2.10. The van der Waals surface area contributed by atoms with E-state index in [1.54, 1.807) is 6.92 Å². The van der Waals surface area contributed by atoms with E-state index in [0.29, 0.717) is 0 Å². The molecule has 33 heavy (non-hydrogen) atoms. The second-order valence-electron chi connectivity index (χ2n) is 7.38. The van der Waals surface area contributed by atoms with Gasteiger partial charge in [0, 0.05) is 24.0 Å². The monoisotopic (exact) mass is 524 g/mol. The van der Waals surface area contributed by atoms with Crippen LogP contribution in [0.4, 0.5) is 18.9 Å². The van der Waals surface area contributed by atoms with Crippen LogP contribution in [-0.4, -0.2) is 38.3 Å². The number of nitrogens with zero attached hydrogens (tertiary/aromatic N) is 1. The van der Waals surface area contributed by atoms with Gasteiger partial charge in [-0.1, -0.05) is 23.2 Å². The maximum Gasteiger partial charge on any atom is 0.416 e. The Balaban J connectivity index is 1.70. The van der Waals surface area contributed by atoms with Gasteiger partial charge in [0.2, 0.25) is 15.9 Å². The molecule has 3 rings (SSSR count). The molecule has 6 nitrogen and oxygen atoms in total. The molecule has 2 aromatic rings.